The molecule has 0 aromatic rings. The quantitative estimate of drug-likeness (QED) is 0.789. The minimum Gasteiger partial charge on any atom is -0.412 e. The fourth-order valence-corrected chi connectivity index (χ4v) is 2.77. The second-order valence-corrected chi connectivity index (χ2v) is 6.14. The molecular weight excluding hydrogens is 242 g/mol. The van der Waals surface area contributed by atoms with E-state index in [-0.39, 0.29) is 11.9 Å². The molecule has 0 bridgehead atoms. The minimum absolute atomic E-state index is 0.0262. The minimum atomic E-state index is -0.340. The maximum Gasteiger partial charge on any atom is 0.244 e. The lowest BCUT2D eigenvalue weighted by atomic mass is 10.1. The van der Waals surface area contributed by atoms with Gasteiger partial charge in [0.05, 0.1) is 0 Å². The Morgan fingerprint density at radius 1 is 1.47 bits per heavy atom. The van der Waals surface area contributed by atoms with Crippen LogP contribution < -0.4 is 10.8 Å². The summed E-state index contributed by atoms with van der Waals surface area (Å²) in [5, 5.41) is 3.13. The van der Waals surface area contributed by atoms with Crippen LogP contribution in [0.5, 0.6) is 0 Å². The molecule has 5 nitrogen and oxygen atoms in total. The van der Waals surface area contributed by atoms with Crippen LogP contribution >= 0.6 is 0 Å². The van der Waals surface area contributed by atoms with Crippen molar-refractivity contribution in [3.05, 3.63) is 11.8 Å². The smallest absolute Gasteiger partial charge is 0.244 e. The molecule has 2 atom stereocenters. The van der Waals surface area contributed by atoms with Gasteiger partial charge in [0.25, 0.3) is 0 Å². The molecule has 2 heterocycles. The second kappa shape index (κ2) is 5.13. The molecule has 3 aliphatic rings. The maximum atomic E-state index is 12.1. The van der Waals surface area contributed by atoms with Crippen LogP contribution in [0.25, 0.3) is 0 Å². The van der Waals surface area contributed by atoms with E-state index in [0.717, 1.165) is 31.3 Å². The summed E-state index contributed by atoms with van der Waals surface area (Å²) in [6.45, 7) is 6.23. The third-order valence-corrected chi connectivity index (χ3v) is 4.12. The number of rotatable bonds is 4. The monoisotopic (exact) mass is 265 g/mol. The fourth-order valence-electron chi connectivity index (χ4n) is 2.77. The largest absolute Gasteiger partial charge is 0.412 e. The van der Waals surface area contributed by atoms with Crippen LogP contribution in [0.4, 0.5) is 0 Å². The predicted molar refractivity (Wildman–Crippen MR) is 72.1 cm³/mol. The summed E-state index contributed by atoms with van der Waals surface area (Å²) in [7, 11) is 0. The van der Waals surface area contributed by atoms with Crippen LogP contribution in [0.3, 0.4) is 0 Å². The molecule has 1 amide bonds. The average Bonchev–Trinajstić information content (AvgIpc) is 2.92. The van der Waals surface area contributed by atoms with E-state index in [0.29, 0.717) is 12.0 Å². The molecule has 5 heteroatoms. The summed E-state index contributed by atoms with van der Waals surface area (Å²) in [6, 6.07) is 0.751. The van der Waals surface area contributed by atoms with E-state index in [1.807, 2.05) is 6.08 Å². The normalized spacial score (nSPS) is 31.4. The van der Waals surface area contributed by atoms with Crippen LogP contribution in [-0.2, 0) is 9.63 Å². The molecule has 1 aliphatic carbocycles. The summed E-state index contributed by atoms with van der Waals surface area (Å²) in [5.74, 6) is 1.19. The van der Waals surface area contributed by atoms with Crippen LogP contribution in [0, 0.1) is 5.92 Å². The predicted octanol–water partition coefficient (Wildman–Crippen LogP) is 0.783. The zero-order chi connectivity index (χ0) is 13.4. The third-order valence-electron chi connectivity index (χ3n) is 4.12. The molecule has 0 aromatic carbocycles. The van der Waals surface area contributed by atoms with Gasteiger partial charge in [-0.2, -0.15) is 0 Å². The van der Waals surface area contributed by atoms with Crippen molar-refractivity contribution in [1.29, 1.82) is 0 Å². The molecule has 2 aliphatic heterocycles. The van der Waals surface area contributed by atoms with Crippen molar-refractivity contribution >= 4 is 5.91 Å². The fraction of sp³-hybridized carbons (Fsp3) is 0.786. The van der Waals surface area contributed by atoms with Gasteiger partial charge in [-0.15, -0.1) is 5.48 Å². The first kappa shape index (κ1) is 12.9. The molecule has 0 aromatic heterocycles. The van der Waals surface area contributed by atoms with E-state index in [1.54, 1.807) is 0 Å². The Hall–Kier alpha value is -1.07. The van der Waals surface area contributed by atoms with E-state index < -0.39 is 0 Å². The lowest BCUT2D eigenvalue weighted by molar-refractivity contribution is -0.124. The number of nitrogens with zero attached hydrogens (tertiary/aromatic N) is 1. The first-order chi connectivity index (χ1) is 9.13. The SMILES string of the molecule is CC(C)C1=CC(C(=O)NC2CCN(C3CC3)C2)NO1. The number of likely N-dealkylation sites (tertiary alicyclic amines) is 1. The van der Waals surface area contributed by atoms with Crippen molar-refractivity contribution in [3.8, 4) is 0 Å². The number of hydroxylamine groups is 1. The Labute approximate surface area is 114 Å². The first-order valence-electron chi connectivity index (χ1n) is 7.32. The molecule has 0 spiro atoms. The maximum absolute atomic E-state index is 12.1. The molecule has 2 unspecified atom stereocenters. The molecule has 1 saturated heterocycles. The van der Waals surface area contributed by atoms with Crippen LogP contribution in [0.2, 0.25) is 0 Å². The van der Waals surface area contributed by atoms with Gasteiger partial charge in [0.2, 0.25) is 5.91 Å². The van der Waals surface area contributed by atoms with E-state index in [1.165, 1.54) is 12.8 Å². The summed E-state index contributed by atoms with van der Waals surface area (Å²) in [4.78, 5) is 20.0. The Balaban J connectivity index is 1.49. The molecule has 106 valence electrons. The van der Waals surface area contributed by atoms with Crippen molar-refractivity contribution < 1.29 is 9.63 Å². The number of amides is 1. The van der Waals surface area contributed by atoms with Crippen LogP contribution in [-0.4, -0.2) is 42.0 Å². The lowest BCUT2D eigenvalue weighted by Gasteiger charge is -2.17. The Morgan fingerprint density at radius 2 is 2.26 bits per heavy atom. The molecule has 2 N–H and O–H groups in total. The highest BCUT2D eigenvalue weighted by Gasteiger charge is 2.35. The molecule has 19 heavy (non-hydrogen) atoms. The number of hydrogen-bond donors (Lipinski definition) is 2. The van der Waals surface area contributed by atoms with E-state index >= 15 is 0 Å². The van der Waals surface area contributed by atoms with Crippen molar-refractivity contribution in [2.75, 3.05) is 13.1 Å². The Kier molecular flexibility index (Phi) is 3.50. The first-order valence-corrected chi connectivity index (χ1v) is 7.32. The van der Waals surface area contributed by atoms with Crippen molar-refractivity contribution in [1.82, 2.24) is 15.7 Å². The zero-order valence-corrected chi connectivity index (χ0v) is 11.7. The highest BCUT2D eigenvalue weighted by atomic mass is 16.7. The summed E-state index contributed by atoms with van der Waals surface area (Å²) < 4.78 is 0. The standard InChI is InChI=1S/C14H23N3O2/c1-9(2)13-7-12(16-19-13)14(18)15-10-5-6-17(8-10)11-3-4-11/h7,9-12,16H,3-6,8H2,1-2H3,(H,15,18). The molecular formula is C14H23N3O2. The van der Waals surface area contributed by atoms with Crippen LogP contribution in [0.15, 0.2) is 11.8 Å². The summed E-state index contributed by atoms with van der Waals surface area (Å²) in [5.41, 5.74) is 2.79. The second-order valence-electron chi connectivity index (χ2n) is 6.14. The Bertz CT molecular complexity index is 390. The van der Waals surface area contributed by atoms with E-state index in [2.05, 4.69) is 29.5 Å². The third kappa shape index (κ3) is 2.92. The zero-order valence-electron chi connectivity index (χ0n) is 11.7. The number of nitrogens with one attached hydrogen (secondary N) is 2. The summed E-state index contributed by atoms with van der Waals surface area (Å²) >= 11 is 0. The number of carbonyl (C=O) groups is 1. The highest BCUT2D eigenvalue weighted by Crippen LogP contribution is 2.29. The van der Waals surface area contributed by atoms with Crippen molar-refractivity contribution in [2.45, 2.75) is 51.2 Å². The molecule has 0 radical (unpaired) electrons. The van der Waals surface area contributed by atoms with E-state index in [9.17, 15) is 4.79 Å². The van der Waals surface area contributed by atoms with Gasteiger partial charge < -0.3 is 10.2 Å². The number of hydrogen-bond acceptors (Lipinski definition) is 4. The molecule has 3 rings (SSSR count). The van der Waals surface area contributed by atoms with Gasteiger partial charge in [0.1, 0.15) is 11.8 Å². The van der Waals surface area contributed by atoms with Gasteiger partial charge in [-0.05, 0) is 25.3 Å². The number of allylic oxidation sites excluding steroid dienone is 1. The van der Waals surface area contributed by atoms with Gasteiger partial charge in [-0.3, -0.25) is 9.69 Å². The van der Waals surface area contributed by atoms with Crippen LogP contribution in [0.1, 0.15) is 33.1 Å². The number of carbonyl (C=O) groups excluding carboxylic acids is 1. The molecule has 2 fully saturated rings. The van der Waals surface area contributed by atoms with Crippen molar-refractivity contribution in [2.24, 2.45) is 5.92 Å². The average molecular weight is 265 g/mol. The van der Waals surface area contributed by atoms with Gasteiger partial charge in [0, 0.05) is 31.1 Å². The summed E-state index contributed by atoms with van der Waals surface area (Å²) in [6.07, 6.45) is 5.61. The van der Waals surface area contributed by atoms with Gasteiger partial charge in [0.15, 0.2) is 0 Å². The van der Waals surface area contributed by atoms with E-state index in [4.69, 9.17) is 4.84 Å². The van der Waals surface area contributed by atoms with Gasteiger partial charge in [-0.25, -0.2) is 0 Å². The van der Waals surface area contributed by atoms with Crippen molar-refractivity contribution in [3.63, 3.8) is 0 Å². The lowest BCUT2D eigenvalue weighted by Crippen LogP contribution is -2.45. The highest BCUT2D eigenvalue weighted by molar-refractivity contribution is 5.84. The Morgan fingerprint density at radius 3 is 2.89 bits per heavy atom. The van der Waals surface area contributed by atoms with Gasteiger partial charge >= 0.3 is 0 Å². The van der Waals surface area contributed by atoms with Gasteiger partial charge in [-0.1, -0.05) is 13.8 Å². The molecule has 1 saturated carbocycles. The topological polar surface area (TPSA) is 53.6 Å².